The SMILES string of the molecule is CCN(C)CCc1nn(C2CCCCO2)c2cc(F)c(OC)cc12. The molecule has 1 atom stereocenters. The van der Waals surface area contributed by atoms with Gasteiger partial charge in [0.15, 0.2) is 17.8 Å². The van der Waals surface area contributed by atoms with Gasteiger partial charge in [-0.25, -0.2) is 9.07 Å². The first kappa shape index (κ1) is 17.2. The second-order valence-corrected chi connectivity index (χ2v) is 6.36. The van der Waals surface area contributed by atoms with Crippen LogP contribution in [-0.2, 0) is 11.2 Å². The molecule has 1 saturated heterocycles. The maximum atomic E-state index is 14.2. The number of aromatic nitrogens is 2. The van der Waals surface area contributed by atoms with Crippen LogP contribution < -0.4 is 4.74 Å². The lowest BCUT2D eigenvalue weighted by Crippen LogP contribution is -2.21. The molecule has 0 aliphatic carbocycles. The van der Waals surface area contributed by atoms with Crippen LogP contribution in [0.2, 0.25) is 0 Å². The van der Waals surface area contributed by atoms with E-state index in [4.69, 9.17) is 14.6 Å². The van der Waals surface area contributed by atoms with Crippen molar-refractivity contribution in [2.24, 2.45) is 0 Å². The van der Waals surface area contributed by atoms with Crippen LogP contribution >= 0.6 is 0 Å². The topological polar surface area (TPSA) is 39.5 Å². The van der Waals surface area contributed by atoms with Gasteiger partial charge in [0, 0.05) is 31.0 Å². The standard InChI is InChI=1S/C18H26FN3O2/c1-4-21(2)9-8-15-13-11-17(23-3)14(19)12-16(13)22(20-15)18-7-5-6-10-24-18/h11-12,18H,4-10H2,1-3H3. The minimum atomic E-state index is -0.362. The van der Waals surface area contributed by atoms with E-state index in [2.05, 4.69) is 18.9 Å². The van der Waals surface area contributed by atoms with E-state index in [1.165, 1.54) is 13.2 Å². The molecule has 1 aliphatic rings. The zero-order valence-corrected chi connectivity index (χ0v) is 14.7. The number of hydrogen-bond donors (Lipinski definition) is 0. The summed E-state index contributed by atoms with van der Waals surface area (Å²) in [5, 5.41) is 5.73. The highest BCUT2D eigenvalue weighted by Gasteiger charge is 2.22. The van der Waals surface area contributed by atoms with Gasteiger partial charge in [0.1, 0.15) is 0 Å². The zero-order chi connectivity index (χ0) is 17.1. The van der Waals surface area contributed by atoms with Gasteiger partial charge in [0.2, 0.25) is 0 Å². The van der Waals surface area contributed by atoms with Crippen molar-refractivity contribution in [2.75, 3.05) is 33.9 Å². The van der Waals surface area contributed by atoms with Crippen molar-refractivity contribution in [2.45, 2.75) is 38.8 Å². The summed E-state index contributed by atoms with van der Waals surface area (Å²) in [6.45, 7) is 4.76. The molecule has 1 aliphatic heterocycles. The summed E-state index contributed by atoms with van der Waals surface area (Å²) < 4.78 is 27.1. The number of rotatable bonds is 6. The molecule has 24 heavy (non-hydrogen) atoms. The summed E-state index contributed by atoms with van der Waals surface area (Å²) in [6, 6.07) is 3.28. The molecule has 132 valence electrons. The molecular formula is C18H26FN3O2. The van der Waals surface area contributed by atoms with Crippen molar-refractivity contribution in [3.8, 4) is 5.75 Å². The molecule has 1 aromatic heterocycles. The van der Waals surface area contributed by atoms with E-state index >= 15 is 0 Å². The molecule has 2 heterocycles. The molecule has 0 radical (unpaired) electrons. The molecule has 0 bridgehead atoms. The fraction of sp³-hybridized carbons (Fsp3) is 0.611. The normalized spacial score (nSPS) is 18.5. The van der Waals surface area contributed by atoms with Crippen molar-refractivity contribution in [3.05, 3.63) is 23.6 Å². The monoisotopic (exact) mass is 335 g/mol. The minimum Gasteiger partial charge on any atom is -0.494 e. The summed E-state index contributed by atoms with van der Waals surface area (Å²) in [5.74, 6) is -0.101. The second kappa shape index (κ2) is 7.49. The number of methoxy groups -OCH3 is 1. The summed E-state index contributed by atoms with van der Waals surface area (Å²) in [4.78, 5) is 2.24. The van der Waals surface area contributed by atoms with E-state index in [1.807, 2.05) is 4.68 Å². The zero-order valence-electron chi connectivity index (χ0n) is 14.7. The number of nitrogens with zero attached hydrogens (tertiary/aromatic N) is 3. The molecule has 5 nitrogen and oxygen atoms in total. The van der Waals surface area contributed by atoms with Crippen molar-refractivity contribution >= 4 is 10.9 Å². The lowest BCUT2D eigenvalue weighted by atomic mass is 10.1. The number of ether oxygens (including phenoxy) is 2. The van der Waals surface area contributed by atoms with Gasteiger partial charge in [-0.1, -0.05) is 6.92 Å². The van der Waals surface area contributed by atoms with Gasteiger partial charge in [-0.15, -0.1) is 0 Å². The van der Waals surface area contributed by atoms with E-state index in [0.29, 0.717) is 0 Å². The van der Waals surface area contributed by atoms with Crippen LogP contribution in [0.1, 0.15) is 38.1 Å². The van der Waals surface area contributed by atoms with Crippen LogP contribution in [0.3, 0.4) is 0 Å². The fourth-order valence-electron chi connectivity index (χ4n) is 3.13. The Morgan fingerprint density at radius 2 is 2.25 bits per heavy atom. The van der Waals surface area contributed by atoms with Gasteiger partial charge in [-0.2, -0.15) is 5.10 Å². The molecule has 0 amide bonds. The molecule has 0 saturated carbocycles. The molecule has 2 aromatic rings. The Kier molecular flexibility index (Phi) is 5.36. The molecule has 1 unspecified atom stereocenters. The van der Waals surface area contributed by atoms with E-state index in [0.717, 1.165) is 62.0 Å². The highest BCUT2D eigenvalue weighted by Crippen LogP contribution is 2.32. The van der Waals surface area contributed by atoms with Crippen LogP contribution in [0.4, 0.5) is 4.39 Å². The molecule has 1 aromatic carbocycles. The lowest BCUT2D eigenvalue weighted by Gasteiger charge is -2.23. The predicted molar refractivity (Wildman–Crippen MR) is 92.0 cm³/mol. The summed E-state index contributed by atoms with van der Waals surface area (Å²) >= 11 is 0. The third kappa shape index (κ3) is 3.39. The first-order valence-electron chi connectivity index (χ1n) is 8.68. The van der Waals surface area contributed by atoms with Gasteiger partial charge in [-0.3, -0.25) is 0 Å². The first-order chi connectivity index (χ1) is 11.6. The Morgan fingerprint density at radius 1 is 1.42 bits per heavy atom. The van der Waals surface area contributed by atoms with Crippen LogP contribution in [0, 0.1) is 5.82 Å². The van der Waals surface area contributed by atoms with Crippen molar-refractivity contribution in [1.82, 2.24) is 14.7 Å². The average Bonchev–Trinajstić information content (AvgIpc) is 2.97. The van der Waals surface area contributed by atoms with Gasteiger partial charge >= 0.3 is 0 Å². The third-order valence-corrected chi connectivity index (χ3v) is 4.75. The Balaban J connectivity index is 2.01. The average molecular weight is 335 g/mol. The van der Waals surface area contributed by atoms with E-state index in [-0.39, 0.29) is 17.8 Å². The Morgan fingerprint density at radius 3 is 2.92 bits per heavy atom. The summed E-state index contributed by atoms with van der Waals surface area (Å²) in [6.07, 6.45) is 3.81. The maximum absolute atomic E-state index is 14.2. The van der Waals surface area contributed by atoms with Gasteiger partial charge in [-0.05, 0) is 38.9 Å². The maximum Gasteiger partial charge on any atom is 0.167 e. The van der Waals surface area contributed by atoms with Gasteiger partial charge in [0.25, 0.3) is 0 Å². The first-order valence-corrected chi connectivity index (χ1v) is 8.68. The van der Waals surface area contributed by atoms with E-state index < -0.39 is 0 Å². The predicted octanol–water partition coefficient (Wildman–Crippen LogP) is 3.38. The van der Waals surface area contributed by atoms with E-state index in [9.17, 15) is 4.39 Å². The summed E-state index contributed by atoms with van der Waals surface area (Å²) in [5.41, 5.74) is 1.76. The molecular weight excluding hydrogens is 309 g/mol. The molecule has 0 N–H and O–H groups in total. The van der Waals surface area contributed by atoms with Crippen molar-refractivity contribution < 1.29 is 13.9 Å². The highest BCUT2D eigenvalue weighted by molar-refractivity contribution is 5.84. The van der Waals surface area contributed by atoms with Gasteiger partial charge in [0.05, 0.1) is 18.3 Å². The molecule has 6 heteroatoms. The number of likely N-dealkylation sites (N-methyl/N-ethyl adjacent to an activating group) is 1. The van der Waals surface area contributed by atoms with Crippen LogP contribution in [0.15, 0.2) is 12.1 Å². The van der Waals surface area contributed by atoms with Crippen molar-refractivity contribution in [1.29, 1.82) is 0 Å². The Bertz CT molecular complexity index is 695. The molecule has 1 fully saturated rings. The number of halogens is 1. The minimum absolute atomic E-state index is 0.105. The van der Waals surface area contributed by atoms with Crippen molar-refractivity contribution in [3.63, 3.8) is 0 Å². The quantitative estimate of drug-likeness (QED) is 0.811. The highest BCUT2D eigenvalue weighted by atomic mass is 19.1. The fourth-order valence-corrected chi connectivity index (χ4v) is 3.13. The Hall–Kier alpha value is -1.66. The number of hydrogen-bond acceptors (Lipinski definition) is 4. The van der Waals surface area contributed by atoms with Gasteiger partial charge < -0.3 is 14.4 Å². The summed E-state index contributed by atoms with van der Waals surface area (Å²) in [7, 11) is 3.58. The molecule has 0 spiro atoms. The largest absolute Gasteiger partial charge is 0.494 e. The van der Waals surface area contributed by atoms with Crippen LogP contribution in [0.25, 0.3) is 10.9 Å². The second-order valence-electron chi connectivity index (χ2n) is 6.36. The van der Waals surface area contributed by atoms with E-state index in [1.54, 1.807) is 6.07 Å². The number of fused-ring (bicyclic) bond motifs is 1. The van der Waals surface area contributed by atoms with Crippen LogP contribution in [-0.4, -0.2) is 48.5 Å². The number of benzene rings is 1. The lowest BCUT2D eigenvalue weighted by molar-refractivity contribution is -0.0369. The Labute approximate surface area is 142 Å². The molecule has 3 rings (SSSR count). The third-order valence-electron chi connectivity index (χ3n) is 4.75. The van der Waals surface area contributed by atoms with Crippen LogP contribution in [0.5, 0.6) is 5.75 Å². The smallest absolute Gasteiger partial charge is 0.167 e.